The number of nitrogens with zero attached hydrogens (tertiary/aromatic N) is 2. The van der Waals surface area contributed by atoms with Gasteiger partial charge in [-0.25, -0.2) is 0 Å². The third kappa shape index (κ3) is 2.77. The lowest BCUT2D eigenvalue weighted by Crippen LogP contribution is -2.16. The number of thioether (sulfide) groups is 2. The molecular formula is C13H13ClN2O2S2. The Morgan fingerprint density at radius 2 is 2.15 bits per heavy atom. The van der Waals surface area contributed by atoms with Gasteiger partial charge in [0.2, 0.25) is 0 Å². The first-order chi connectivity index (χ1) is 9.65. The molecule has 106 valence electrons. The van der Waals surface area contributed by atoms with Gasteiger partial charge in [0.25, 0.3) is 5.89 Å². The van der Waals surface area contributed by atoms with E-state index >= 15 is 0 Å². The Morgan fingerprint density at radius 1 is 1.35 bits per heavy atom. The second kappa shape index (κ2) is 5.87. The van der Waals surface area contributed by atoms with Crippen LogP contribution in [0.2, 0.25) is 5.02 Å². The highest BCUT2D eigenvalue weighted by molar-refractivity contribution is 8.06. The third-order valence-corrected chi connectivity index (χ3v) is 6.47. The van der Waals surface area contributed by atoms with Crippen LogP contribution in [0.4, 0.5) is 0 Å². The monoisotopic (exact) mass is 328 g/mol. The fourth-order valence-corrected chi connectivity index (χ4v) is 4.88. The van der Waals surface area contributed by atoms with Crippen LogP contribution < -0.4 is 0 Å². The summed E-state index contributed by atoms with van der Waals surface area (Å²) in [6.45, 7) is 2.19. The molecule has 0 saturated carbocycles. The zero-order valence-electron chi connectivity index (χ0n) is 10.7. The maximum absolute atomic E-state index is 9.43. The number of rotatable bonds is 2. The molecule has 1 fully saturated rings. The Labute approximate surface area is 130 Å². The first kappa shape index (κ1) is 14.1. The molecule has 3 rings (SSSR count). The molecule has 1 aliphatic heterocycles. The Morgan fingerprint density at radius 3 is 2.90 bits per heavy atom. The number of benzene rings is 1. The SMILES string of the molecule is CC1SCCSC1c1noc(-c2ccc(O)c(Cl)c2)n1. The van der Waals surface area contributed by atoms with E-state index in [0.29, 0.717) is 16.7 Å². The summed E-state index contributed by atoms with van der Waals surface area (Å²) in [5, 5.41) is 14.5. The van der Waals surface area contributed by atoms with E-state index in [1.165, 1.54) is 11.8 Å². The molecular weight excluding hydrogens is 316 g/mol. The largest absolute Gasteiger partial charge is 0.506 e. The van der Waals surface area contributed by atoms with Crippen LogP contribution in [0.1, 0.15) is 18.0 Å². The van der Waals surface area contributed by atoms with E-state index in [0.717, 1.165) is 11.6 Å². The van der Waals surface area contributed by atoms with Gasteiger partial charge in [-0.15, -0.1) is 11.8 Å². The summed E-state index contributed by atoms with van der Waals surface area (Å²) < 4.78 is 5.32. The number of phenols is 1. The molecule has 1 N–H and O–H groups in total. The first-order valence-electron chi connectivity index (χ1n) is 6.21. The van der Waals surface area contributed by atoms with Gasteiger partial charge in [0.15, 0.2) is 5.82 Å². The lowest BCUT2D eigenvalue weighted by molar-refractivity contribution is 0.421. The normalized spacial score (nSPS) is 22.9. The average molecular weight is 329 g/mol. The smallest absolute Gasteiger partial charge is 0.258 e. The molecule has 1 aromatic heterocycles. The van der Waals surface area contributed by atoms with Crippen molar-refractivity contribution in [2.24, 2.45) is 0 Å². The van der Waals surface area contributed by atoms with Crippen molar-refractivity contribution in [1.82, 2.24) is 10.1 Å². The van der Waals surface area contributed by atoms with Crippen LogP contribution in [0.25, 0.3) is 11.5 Å². The van der Waals surface area contributed by atoms with Crippen molar-refractivity contribution in [3.8, 4) is 17.2 Å². The number of aromatic hydroxyl groups is 1. The van der Waals surface area contributed by atoms with Crippen LogP contribution in [-0.2, 0) is 0 Å². The van der Waals surface area contributed by atoms with Gasteiger partial charge in [-0.1, -0.05) is 23.7 Å². The zero-order valence-corrected chi connectivity index (χ0v) is 13.1. The highest BCUT2D eigenvalue weighted by atomic mass is 35.5. The average Bonchev–Trinajstić information content (AvgIpc) is 2.92. The van der Waals surface area contributed by atoms with Crippen molar-refractivity contribution < 1.29 is 9.63 Å². The van der Waals surface area contributed by atoms with Gasteiger partial charge in [-0.05, 0) is 18.2 Å². The van der Waals surface area contributed by atoms with Gasteiger partial charge in [-0.2, -0.15) is 16.7 Å². The fourth-order valence-electron chi connectivity index (χ4n) is 2.02. The van der Waals surface area contributed by atoms with Crippen molar-refractivity contribution in [1.29, 1.82) is 0 Å². The molecule has 2 atom stereocenters. The standard InChI is InChI=1S/C13H13ClN2O2S2/c1-7-11(20-5-4-19-7)12-15-13(18-16-12)8-2-3-10(17)9(14)6-8/h2-3,6-7,11,17H,4-5H2,1H3. The fraction of sp³-hybridized carbons (Fsp3) is 0.385. The van der Waals surface area contributed by atoms with Gasteiger partial charge in [0, 0.05) is 22.3 Å². The first-order valence-corrected chi connectivity index (χ1v) is 8.68. The Balaban J connectivity index is 1.87. The van der Waals surface area contributed by atoms with Gasteiger partial charge in [0.1, 0.15) is 5.75 Å². The van der Waals surface area contributed by atoms with Crippen LogP contribution in [0.3, 0.4) is 0 Å². The van der Waals surface area contributed by atoms with Gasteiger partial charge in [0.05, 0.1) is 10.3 Å². The quantitative estimate of drug-likeness (QED) is 0.899. The molecule has 0 amide bonds. The topological polar surface area (TPSA) is 59.2 Å². The predicted octanol–water partition coefficient (Wildman–Crippen LogP) is 4.01. The lowest BCUT2D eigenvalue weighted by atomic mass is 10.2. The second-order valence-corrected chi connectivity index (χ2v) is 7.63. The number of phenolic OH excluding ortho intramolecular Hbond substituents is 1. The minimum atomic E-state index is 0.0445. The molecule has 1 saturated heterocycles. The minimum absolute atomic E-state index is 0.0445. The van der Waals surface area contributed by atoms with E-state index in [-0.39, 0.29) is 16.0 Å². The zero-order chi connectivity index (χ0) is 14.1. The summed E-state index contributed by atoms with van der Waals surface area (Å²) in [7, 11) is 0. The summed E-state index contributed by atoms with van der Waals surface area (Å²) >= 11 is 9.70. The summed E-state index contributed by atoms with van der Waals surface area (Å²) in [5.41, 5.74) is 0.715. The van der Waals surface area contributed by atoms with E-state index in [4.69, 9.17) is 16.1 Å². The van der Waals surface area contributed by atoms with E-state index < -0.39 is 0 Å². The summed E-state index contributed by atoms with van der Waals surface area (Å²) in [5.74, 6) is 3.48. The highest BCUT2D eigenvalue weighted by Crippen LogP contribution is 2.41. The summed E-state index contributed by atoms with van der Waals surface area (Å²) in [6.07, 6.45) is 0. The summed E-state index contributed by atoms with van der Waals surface area (Å²) in [6, 6.07) is 4.86. The van der Waals surface area contributed by atoms with E-state index in [9.17, 15) is 5.11 Å². The molecule has 1 aromatic carbocycles. The van der Waals surface area contributed by atoms with E-state index in [1.54, 1.807) is 12.1 Å². The van der Waals surface area contributed by atoms with Gasteiger partial charge < -0.3 is 9.63 Å². The van der Waals surface area contributed by atoms with Crippen molar-refractivity contribution in [3.05, 3.63) is 29.0 Å². The van der Waals surface area contributed by atoms with Crippen LogP contribution in [0.15, 0.2) is 22.7 Å². The Bertz CT molecular complexity index is 620. The van der Waals surface area contributed by atoms with Crippen LogP contribution in [0.5, 0.6) is 5.75 Å². The number of hydrogen-bond donors (Lipinski definition) is 1. The third-order valence-electron chi connectivity index (χ3n) is 3.08. The number of aromatic nitrogens is 2. The van der Waals surface area contributed by atoms with Gasteiger partial charge in [-0.3, -0.25) is 0 Å². The Kier molecular flexibility index (Phi) is 4.14. The molecule has 7 heteroatoms. The summed E-state index contributed by atoms with van der Waals surface area (Å²) in [4.78, 5) is 4.47. The maximum atomic E-state index is 9.43. The molecule has 2 unspecified atom stereocenters. The van der Waals surface area contributed by atoms with Crippen molar-refractivity contribution in [2.45, 2.75) is 17.4 Å². The van der Waals surface area contributed by atoms with E-state index in [2.05, 4.69) is 17.1 Å². The molecule has 2 aromatic rings. The molecule has 1 aliphatic rings. The van der Waals surface area contributed by atoms with Crippen molar-refractivity contribution in [2.75, 3.05) is 11.5 Å². The van der Waals surface area contributed by atoms with Gasteiger partial charge >= 0.3 is 0 Å². The van der Waals surface area contributed by atoms with Crippen LogP contribution in [-0.4, -0.2) is 32.0 Å². The number of halogens is 1. The Hall–Kier alpha value is -0.850. The van der Waals surface area contributed by atoms with Crippen LogP contribution in [0, 0.1) is 0 Å². The molecule has 0 bridgehead atoms. The lowest BCUT2D eigenvalue weighted by Gasteiger charge is -2.24. The minimum Gasteiger partial charge on any atom is -0.506 e. The molecule has 0 aliphatic carbocycles. The second-order valence-electron chi connectivity index (χ2n) is 4.49. The van der Waals surface area contributed by atoms with E-state index in [1.807, 2.05) is 23.5 Å². The molecule has 2 heterocycles. The maximum Gasteiger partial charge on any atom is 0.258 e. The highest BCUT2D eigenvalue weighted by Gasteiger charge is 2.28. The van der Waals surface area contributed by atoms with Crippen molar-refractivity contribution >= 4 is 35.1 Å². The number of hydrogen-bond acceptors (Lipinski definition) is 6. The molecule has 20 heavy (non-hydrogen) atoms. The molecule has 4 nitrogen and oxygen atoms in total. The molecule has 0 spiro atoms. The van der Waals surface area contributed by atoms with Crippen molar-refractivity contribution in [3.63, 3.8) is 0 Å². The van der Waals surface area contributed by atoms with Crippen LogP contribution >= 0.6 is 35.1 Å². The molecule has 0 radical (unpaired) electrons. The predicted molar refractivity (Wildman–Crippen MR) is 83.5 cm³/mol.